The molecule has 2 heteroatoms. The van der Waals surface area contributed by atoms with Crippen molar-refractivity contribution < 1.29 is 0 Å². The fraction of sp³-hybridized carbons (Fsp3) is 0.500. The van der Waals surface area contributed by atoms with Crippen LogP contribution in [0.3, 0.4) is 0 Å². The number of hydrogen-bond acceptors (Lipinski definition) is 2. The third-order valence-electron chi connectivity index (χ3n) is 2.56. The van der Waals surface area contributed by atoms with Gasteiger partial charge in [0, 0.05) is 11.7 Å². The normalized spacial score (nSPS) is 15.1. The largest absolute Gasteiger partial charge is 0.399 e. The monoisotopic (exact) mass is 192 g/mol. The zero-order valence-electron chi connectivity index (χ0n) is 9.03. The lowest BCUT2D eigenvalue weighted by atomic mass is 9.94. The summed E-state index contributed by atoms with van der Waals surface area (Å²) in [5.74, 6) is 0.571. The van der Waals surface area contributed by atoms with Crippen LogP contribution in [0.4, 0.5) is 5.69 Å². The number of nitrogens with two attached hydrogens (primary N) is 2. The molecule has 0 saturated carbocycles. The molecule has 2 atom stereocenters. The summed E-state index contributed by atoms with van der Waals surface area (Å²) in [5, 5.41) is 0. The Kier molecular flexibility index (Phi) is 3.96. The first-order chi connectivity index (χ1) is 6.59. The van der Waals surface area contributed by atoms with Crippen molar-refractivity contribution >= 4 is 5.69 Å². The van der Waals surface area contributed by atoms with Gasteiger partial charge in [-0.15, -0.1) is 0 Å². The van der Waals surface area contributed by atoms with Crippen molar-refractivity contribution in [1.29, 1.82) is 0 Å². The Labute approximate surface area is 86.3 Å². The highest BCUT2D eigenvalue weighted by molar-refractivity contribution is 5.40. The van der Waals surface area contributed by atoms with Crippen LogP contribution in [0.25, 0.3) is 0 Å². The van der Waals surface area contributed by atoms with Crippen LogP contribution in [0.2, 0.25) is 0 Å². The quantitative estimate of drug-likeness (QED) is 0.720. The smallest absolute Gasteiger partial charge is 0.0314 e. The highest BCUT2D eigenvalue weighted by atomic mass is 14.6. The first-order valence-corrected chi connectivity index (χ1v) is 5.20. The molecule has 4 N–H and O–H groups in total. The van der Waals surface area contributed by atoms with Crippen LogP contribution in [0, 0.1) is 0 Å². The molecule has 0 aliphatic heterocycles. The number of benzene rings is 1. The van der Waals surface area contributed by atoms with E-state index in [0.29, 0.717) is 12.0 Å². The summed E-state index contributed by atoms with van der Waals surface area (Å²) >= 11 is 0. The first kappa shape index (κ1) is 11.1. The maximum Gasteiger partial charge on any atom is 0.0314 e. The number of anilines is 1. The van der Waals surface area contributed by atoms with E-state index in [-0.39, 0.29) is 0 Å². The standard InChI is InChI=1S/C12H20N2/c1-9(3-4-10(2)13)11-5-7-12(14)8-6-11/h5-10H,3-4,13-14H2,1-2H3. The molecule has 1 aromatic rings. The molecule has 0 spiro atoms. The predicted molar refractivity (Wildman–Crippen MR) is 62.2 cm³/mol. The zero-order valence-corrected chi connectivity index (χ0v) is 9.03. The lowest BCUT2D eigenvalue weighted by molar-refractivity contribution is 0.569. The van der Waals surface area contributed by atoms with Crippen LogP contribution in [0.15, 0.2) is 24.3 Å². The van der Waals surface area contributed by atoms with Crippen molar-refractivity contribution in [2.45, 2.75) is 38.6 Å². The fourth-order valence-electron chi connectivity index (χ4n) is 1.50. The Morgan fingerprint density at radius 3 is 2.14 bits per heavy atom. The van der Waals surface area contributed by atoms with Crippen molar-refractivity contribution in [3.05, 3.63) is 29.8 Å². The van der Waals surface area contributed by atoms with Gasteiger partial charge in [-0.2, -0.15) is 0 Å². The zero-order chi connectivity index (χ0) is 10.6. The van der Waals surface area contributed by atoms with Gasteiger partial charge in [-0.1, -0.05) is 19.1 Å². The summed E-state index contributed by atoms with van der Waals surface area (Å²) in [5.41, 5.74) is 13.5. The topological polar surface area (TPSA) is 52.0 Å². The van der Waals surface area contributed by atoms with Gasteiger partial charge in [0.25, 0.3) is 0 Å². The summed E-state index contributed by atoms with van der Waals surface area (Å²) < 4.78 is 0. The SMILES string of the molecule is CC(N)CCC(C)c1ccc(N)cc1. The van der Waals surface area contributed by atoms with E-state index in [2.05, 4.69) is 26.0 Å². The molecule has 2 nitrogen and oxygen atoms in total. The molecule has 0 amide bonds. The third kappa shape index (κ3) is 3.38. The van der Waals surface area contributed by atoms with Gasteiger partial charge < -0.3 is 11.5 Å². The number of nitrogen functional groups attached to an aromatic ring is 1. The maximum absolute atomic E-state index is 5.72. The molecule has 2 unspecified atom stereocenters. The molecule has 0 fully saturated rings. The van der Waals surface area contributed by atoms with Gasteiger partial charge in [0.1, 0.15) is 0 Å². The van der Waals surface area contributed by atoms with E-state index in [1.807, 2.05) is 12.1 Å². The van der Waals surface area contributed by atoms with Gasteiger partial charge in [0.2, 0.25) is 0 Å². The second kappa shape index (κ2) is 5.01. The van der Waals surface area contributed by atoms with Gasteiger partial charge in [-0.05, 0) is 43.4 Å². The lowest BCUT2D eigenvalue weighted by Crippen LogP contribution is -2.15. The first-order valence-electron chi connectivity index (χ1n) is 5.20. The Balaban J connectivity index is 2.52. The van der Waals surface area contributed by atoms with Crippen LogP contribution < -0.4 is 11.5 Å². The van der Waals surface area contributed by atoms with Crippen LogP contribution >= 0.6 is 0 Å². The minimum absolute atomic E-state index is 0.297. The van der Waals surface area contributed by atoms with Gasteiger partial charge in [-0.25, -0.2) is 0 Å². The summed E-state index contributed by atoms with van der Waals surface area (Å²) in [6.07, 6.45) is 2.22. The number of rotatable bonds is 4. The summed E-state index contributed by atoms with van der Waals surface area (Å²) in [6, 6.07) is 8.41. The molecule has 0 heterocycles. The van der Waals surface area contributed by atoms with E-state index < -0.39 is 0 Å². The second-order valence-corrected chi connectivity index (χ2v) is 4.12. The Hall–Kier alpha value is -1.02. The third-order valence-corrected chi connectivity index (χ3v) is 2.56. The van der Waals surface area contributed by atoms with Gasteiger partial charge in [0.15, 0.2) is 0 Å². The van der Waals surface area contributed by atoms with Crippen molar-refractivity contribution in [3.8, 4) is 0 Å². The lowest BCUT2D eigenvalue weighted by Gasteiger charge is -2.13. The van der Waals surface area contributed by atoms with Crippen molar-refractivity contribution in [2.24, 2.45) is 5.73 Å². The van der Waals surface area contributed by atoms with E-state index in [0.717, 1.165) is 18.5 Å². The van der Waals surface area contributed by atoms with Crippen molar-refractivity contribution in [3.63, 3.8) is 0 Å². The maximum atomic E-state index is 5.72. The summed E-state index contributed by atoms with van der Waals surface area (Å²) in [4.78, 5) is 0. The van der Waals surface area contributed by atoms with Crippen molar-refractivity contribution in [2.75, 3.05) is 5.73 Å². The number of hydrogen-bond donors (Lipinski definition) is 2. The van der Waals surface area contributed by atoms with E-state index in [9.17, 15) is 0 Å². The molecule has 0 bridgehead atoms. The fourth-order valence-corrected chi connectivity index (χ4v) is 1.50. The van der Waals surface area contributed by atoms with Crippen LogP contribution in [-0.4, -0.2) is 6.04 Å². The Bertz CT molecular complexity index is 264. The molecule has 78 valence electrons. The van der Waals surface area contributed by atoms with Crippen LogP contribution in [-0.2, 0) is 0 Å². The Morgan fingerprint density at radius 2 is 1.64 bits per heavy atom. The predicted octanol–water partition coefficient (Wildman–Crippen LogP) is 2.50. The van der Waals surface area contributed by atoms with Gasteiger partial charge in [-0.3, -0.25) is 0 Å². The molecule has 0 saturated heterocycles. The van der Waals surface area contributed by atoms with Crippen LogP contribution in [0.5, 0.6) is 0 Å². The highest BCUT2D eigenvalue weighted by Gasteiger charge is 2.06. The Morgan fingerprint density at radius 1 is 1.07 bits per heavy atom. The molecular formula is C12H20N2. The van der Waals surface area contributed by atoms with E-state index in [1.165, 1.54) is 5.56 Å². The van der Waals surface area contributed by atoms with E-state index in [4.69, 9.17) is 11.5 Å². The molecule has 0 aliphatic carbocycles. The van der Waals surface area contributed by atoms with Crippen molar-refractivity contribution in [1.82, 2.24) is 0 Å². The highest BCUT2D eigenvalue weighted by Crippen LogP contribution is 2.21. The van der Waals surface area contributed by atoms with E-state index in [1.54, 1.807) is 0 Å². The van der Waals surface area contributed by atoms with Gasteiger partial charge >= 0.3 is 0 Å². The summed E-state index contributed by atoms with van der Waals surface area (Å²) in [7, 11) is 0. The van der Waals surface area contributed by atoms with E-state index >= 15 is 0 Å². The summed E-state index contributed by atoms with van der Waals surface area (Å²) in [6.45, 7) is 4.28. The minimum Gasteiger partial charge on any atom is -0.399 e. The molecule has 1 aromatic carbocycles. The minimum atomic E-state index is 0.297. The van der Waals surface area contributed by atoms with Gasteiger partial charge in [0.05, 0.1) is 0 Å². The molecular weight excluding hydrogens is 172 g/mol. The average molecular weight is 192 g/mol. The molecule has 0 aliphatic rings. The molecule has 0 radical (unpaired) electrons. The average Bonchev–Trinajstić information content (AvgIpc) is 2.15. The molecule has 1 rings (SSSR count). The van der Waals surface area contributed by atoms with Crippen LogP contribution in [0.1, 0.15) is 38.2 Å². The second-order valence-electron chi connectivity index (χ2n) is 4.12. The molecule has 14 heavy (non-hydrogen) atoms. The molecule has 0 aromatic heterocycles.